The first-order valence-corrected chi connectivity index (χ1v) is 8.44. The predicted molar refractivity (Wildman–Crippen MR) is 103 cm³/mol. The number of anilines is 2. The molecule has 2 rings (SSSR count). The molecule has 0 fully saturated rings. The minimum absolute atomic E-state index is 0.0341. The Kier molecular flexibility index (Phi) is 6.54. The van der Waals surface area contributed by atoms with Crippen molar-refractivity contribution in [2.45, 2.75) is 26.4 Å². The summed E-state index contributed by atoms with van der Waals surface area (Å²) in [6.07, 6.45) is 1.72. The smallest absolute Gasteiger partial charge is 0.319 e. The molecule has 1 heterocycles. The molecule has 0 bridgehead atoms. The molecular weight excluding hydrogens is 330 g/mol. The molecular formula is C19H25N5O2. The van der Waals surface area contributed by atoms with E-state index in [1.54, 1.807) is 30.5 Å². The van der Waals surface area contributed by atoms with Gasteiger partial charge in [-0.05, 0) is 38.1 Å². The normalized spacial score (nSPS) is 10.3. The van der Waals surface area contributed by atoms with Gasteiger partial charge in [0.15, 0.2) is 0 Å². The van der Waals surface area contributed by atoms with Crippen molar-refractivity contribution in [1.29, 1.82) is 0 Å². The van der Waals surface area contributed by atoms with E-state index in [-0.39, 0.29) is 18.0 Å². The number of rotatable bonds is 6. The fraction of sp³-hybridized carbons (Fsp3) is 0.316. The summed E-state index contributed by atoms with van der Waals surface area (Å²) in [5, 5.41) is 8.35. The minimum Gasteiger partial charge on any atom is -0.362 e. The van der Waals surface area contributed by atoms with Crippen molar-refractivity contribution in [2.75, 3.05) is 24.3 Å². The van der Waals surface area contributed by atoms with Crippen molar-refractivity contribution in [3.63, 3.8) is 0 Å². The van der Waals surface area contributed by atoms with Crippen LogP contribution in [0.1, 0.15) is 29.8 Å². The highest BCUT2D eigenvalue weighted by Crippen LogP contribution is 2.15. The summed E-state index contributed by atoms with van der Waals surface area (Å²) in [6.45, 7) is 4.12. The molecule has 7 nitrogen and oxygen atoms in total. The van der Waals surface area contributed by atoms with Crippen LogP contribution >= 0.6 is 0 Å². The van der Waals surface area contributed by atoms with Crippen molar-refractivity contribution in [2.24, 2.45) is 0 Å². The van der Waals surface area contributed by atoms with E-state index < -0.39 is 0 Å². The number of carbonyl (C=O) groups is 2. The summed E-state index contributed by atoms with van der Waals surface area (Å²) in [7, 11) is 3.82. The Morgan fingerprint density at radius 2 is 1.92 bits per heavy atom. The van der Waals surface area contributed by atoms with Crippen LogP contribution in [0.2, 0.25) is 0 Å². The molecule has 0 atom stereocenters. The van der Waals surface area contributed by atoms with Gasteiger partial charge in [0, 0.05) is 49.7 Å². The molecule has 138 valence electrons. The van der Waals surface area contributed by atoms with Crippen LogP contribution in [0, 0.1) is 0 Å². The number of nitrogens with zero attached hydrogens (tertiary/aromatic N) is 2. The fourth-order valence-electron chi connectivity index (χ4n) is 2.42. The van der Waals surface area contributed by atoms with Gasteiger partial charge in [-0.25, -0.2) is 9.78 Å². The Hall–Kier alpha value is -3.09. The number of nitrogens with one attached hydrogen (secondary N) is 3. The van der Waals surface area contributed by atoms with Gasteiger partial charge in [0.2, 0.25) is 0 Å². The Morgan fingerprint density at radius 1 is 1.15 bits per heavy atom. The highest BCUT2D eigenvalue weighted by molar-refractivity contribution is 5.96. The number of benzene rings is 1. The second-order valence-corrected chi connectivity index (χ2v) is 6.40. The lowest BCUT2D eigenvalue weighted by molar-refractivity contribution is 0.0951. The largest absolute Gasteiger partial charge is 0.362 e. The first-order chi connectivity index (χ1) is 12.4. The third kappa shape index (κ3) is 5.47. The van der Waals surface area contributed by atoms with Gasteiger partial charge in [0.1, 0.15) is 5.82 Å². The van der Waals surface area contributed by atoms with Crippen molar-refractivity contribution in [3.8, 4) is 0 Å². The van der Waals surface area contributed by atoms with Crippen LogP contribution in [-0.4, -0.2) is 37.1 Å². The number of pyridine rings is 1. The van der Waals surface area contributed by atoms with Gasteiger partial charge in [-0.15, -0.1) is 0 Å². The molecule has 0 aliphatic carbocycles. The van der Waals surface area contributed by atoms with E-state index >= 15 is 0 Å². The molecule has 1 aromatic heterocycles. The lowest BCUT2D eigenvalue weighted by Crippen LogP contribution is -2.34. The van der Waals surface area contributed by atoms with E-state index in [0.717, 1.165) is 11.4 Å². The molecule has 0 saturated carbocycles. The standard InChI is InChI=1S/C19H25N5O2/c1-13(2)22-19(26)23-16-9-5-7-14(11-16)18(25)21-12-15-8-6-10-20-17(15)24(3)4/h5-11,13H,12H2,1-4H3,(H,21,25)(H2,22,23,26). The van der Waals surface area contributed by atoms with Gasteiger partial charge in [0.25, 0.3) is 5.91 Å². The zero-order valence-corrected chi connectivity index (χ0v) is 15.5. The summed E-state index contributed by atoms with van der Waals surface area (Å²) in [5.74, 6) is 0.597. The highest BCUT2D eigenvalue weighted by atomic mass is 16.2. The second-order valence-electron chi connectivity index (χ2n) is 6.40. The molecule has 1 aromatic carbocycles. The third-order valence-electron chi connectivity index (χ3n) is 3.53. The van der Waals surface area contributed by atoms with Crippen LogP contribution in [-0.2, 0) is 6.54 Å². The van der Waals surface area contributed by atoms with Crippen LogP contribution < -0.4 is 20.9 Å². The third-order valence-corrected chi connectivity index (χ3v) is 3.53. The van der Waals surface area contributed by atoms with E-state index in [9.17, 15) is 9.59 Å². The van der Waals surface area contributed by atoms with Gasteiger partial charge in [-0.1, -0.05) is 12.1 Å². The summed E-state index contributed by atoms with van der Waals surface area (Å²) in [6, 6.07) is 10.3. The fourth-order valence-corrected chi connectivity index (χ4v) is 2.42. The van der Waals surface area contributed by atoms with E-state index in [0.29, 0.717) is 17.8 Å². The maximum absolute atomic E-state index is 12.4. The summed E-state index contributed by atoms with van der Waals surface area (Å²) in [5.41, 5.74) is 1.96. The molecule has 0 aliphatic rings. The summed E-state index contributed by atoms with van der Waals surface area (Å²) < 4.78 is 0. The lowest BCUT2D eigenvalue weighted by Gasteiger charge is -2.16. The number of urea groups is 1. The molecule has 0 aliphatic heterocycles. The Morgan fingerprint density at radius 3 is 2.62 bits per heavy atom. The van der Waals surface area contributed by atoms with Crippen molar-refractivity contribution in [1.82, 2.24) is 15.6 Å². The number of hydrogen-bond donors (Lipinski definition) is 3. The van der Waals surface area contributed by atoms with Gasteiger partial charge >= 0.3 is 6.03 Å². The van der Waals surface area contributed by atoms with Gasteiger partial charge in [0.05, 0.1) is 0 Å². The molecule has 0 unspecified atom stereocenters. The SMILES string of the molecule is CC(C)NC(=O)Nc1cccc(C(=O)NCc2cccnc2N(C)C)c1. The lowest BCUT2D eigenvalue weighted by atomic mass is 10.1. The Labute approximate surface area is 153 Å². The van der Waals surface area contributed by atoms with E-state index in [1.165, 1.54) is 0 Å². The Balaban J connectivity index is 2.02. The van der Waals surface area contributed by atoms with Crippen LogP contribution in [0.3, 0.4) is 0 Å². The molecule has 7 heteroatoms. The monoisotopic (exact) mass is 355 g/mol. The molecule has 26 heavy (non-hydrogen) atoms. The topological polar surface area (TPSA) is 86.4 Å². The first-order valence-electron chi connectivity index (χ1n) is 8.44. The van der Waals surface area contributed by atoms with Crippen LogP contribution in [0.25, 0.3) is 0 Å². The number of amides is 3. The maximum atomic E-state index is 12.4. The quantitative estimate of drug-likeness (QED) is 0.743. The van der Waals surface area contributed by atoms with E-state index in [1.807, 2.05) is 45.0 Å². The van der Waals surface area contributed by atoms with Gasteiger partial charge in [-0.2, -0.15) is 0 Å². The Bertz CT molecular complexity index is 774. The highest BCUT2D eigenvalue weighted by Gasteiger charge is 2.10. The number of carbonyl (C=O) groups excluding carboxylic acids is 2. The number of hydrogen-bond acceptors (Lipinski definition) is 4. The molecule has 2 aromatic rings. The molecule has 0 spiro atoms. The molecule has 0 saturated heterocycles. The van der Waals surface area contributed by atoms with Crippen LogP contribution in [0.15, 0.2) is 42.6 Å². The summed E-state index contributed by atoms with van der Waals surface area (Å²) >= 11 is 0. The zero-order chi connectivity index (χ0) is 19.1. The van der Waals surface area contributed by atoms with E-state index in [2.05, 4.69) is 20.9 Å². The van der Waals surface area contributed by atoms with Crippen LogP contribution in [0.5, 0.6) is 0 Å². The maximum Gasteiger partial charge on any atom is 0.319 e. The summed E-state index contributed by atoms with van der Waals surface area (Å²) in [4.78, 5) is 30.4. The van der Waals surface area contributed by atoms with E-state index in [4.69, 9.17) is 0 Å². The predicted octanol–water partition coefficient (Wildman–Crippen LogP) is 2.61. The molecule has 3 amide bonds. The second kappa shape index (κ2) is 8.84. The van der Waals surface area contributed by atoms with Gasteiger partial charge < -0.3 is 20.9 Å². The zero-order valence-electron chi connectivity index (χ0n) is 15.5. The van der Waals surface area contributed by atoms with Gasteiger partial charge in [-0.3, -0.25) is 4.79 Å². The van der Waals surface area contributed by atoms with Crippen molar-refractivity contribution >= 4 is 23.4 Å². The average molecular weight is 355 g/mol. The average Bonchev–Trinajstić information content (AvgIpc) is 2.59. The first kappa shape index (κ1) is 19.2. The van der Waals surface area contributed by atoms with Crippen molar-refractivity contribution < 1.29 is 9.59 Å². The molecule has 3 N–H and O–H groups in total. The van der Waals surface area contributed by atoms with Crippen LogP contribution in [0.4, 0.5) is 16.3 Å². The van der Waals surface area contributed by atoms with Crippen molar-refractivity contribution in [3.05, 3.63) is 53.7 Å². The number of aromatic nitrogens is 1. The molecule has 0 radical (unpaired) electrons. The minimum atomic E-state index is -0.302.